The van der Waals surface area contributed by atoms with Gasteiger partial charge >= 0.3 is 0 Å². The van der Waals surface area contributed by atoms with Crippen molar-refractivity contribution in [3.05, 3.63) is 102 Å². The molecule has 40 heavy (non-hydrogen) atoms. The molecule has 1 aliphatic carbocycles. The molecule has 3 aromatic rings. The summed E-state index contributed by atoms with van der Waals surface area (Å²) in [6.07, 6.45) is 3.08. The summed E-state index contributed by atoms with van der Waals surface area (Å²) in [5.74, 6) is -0.450. The fourth-order valence-corrected chi connectivity index (χ4v) is 6.90. The van der Waals surface area contributed by atoms with Gasteiger partial charge in [0.25, 0.3) is 11.4 Å². The van der Waals surface area contributed by atoms with E-state index in [0.29, 0.717) is 48.9 Å². The van der Waals surface area contributed by atoms with E-state index < -0.39 is 33.6 Å². The number of nitro groups is 2. The van der Waals surface area contributed by atoms with Gasteiger partial charge in [0.15, 0.2) is 11.6 Å². The van der Waals surface area contributed by atoms with Gasteiger partial charge in [-0.25, -0.2) is 8.78 Å². The lowest BCUT2D eigenvalue weighted by atomic mass is 9.77. The monoisotopic (exact) mass is 588 g/mol. The standard InChI is InChI=1S/C28H24Cl2F2N4O4/c29-20-5-3-15(9-26(20)35(37)38)24-7-8-25(16-4-6-21(30)27(10-16)36(39)40)34(24)19-11-22(31)28(23(32)12-19)33-13-17-1-2-18(17)14-33/h3-6,9-12,17-18,24-25H,1-2,7-8,13-14H2/t17-,18+,24-,25-/m1/s1. The maximum absolute atomic E-state index is 15.7. The van der Waals surface area contributed by atoms with Crippen LogP contribution in [0.5, 0.6) is 0 Å². The molecule has 4 atom stereocenters. The van der Waals surface area contributed by atoms with Crippen LogP contribution in [0, 0.1) is 43.7 Å². The summed E-state index contributed by atoms with van der Waals surface area (Å²) in [7, 11) is 0. The molecule has 3 aliphatic rings. The highest BCUT2D eigenvalue weighted by Crippen LogP contribution is 2.50. The summed E-state index contributed by atoms with van der Waals surface area (Å²) < 4.78 is 31.3. The van der Waals surface area contributed by atoms with Gasteiger partial charge < -0.3 is 9.80 Å². The van der Waals surface area contributed by atoms with Gasteiger partial charge in [-0.15, -0.1) is 0 Å². The van der Waals surface area contributed by atoms with Crippen molar-refractivity contribution >= 4 is 46.0 Å². The van der Waals surface area contributed by atoms with Gasteiger partial charge in [-0.3, -0.25) is 20.2 Å². The van der Waals surface area contributed by atoms with E-state index >= 15 is 8.78 Å². The second-order valence-corrected chi connectivity index (χ2v) is 11.5. The van der Waals surface area contributed by atoms with Crippen LogP contribution in [0.3, 0.4) is 0 Å². The highest BCUT2D eigenvalue weighted by molar-refractivity contribution is 6.33. The molecule has 0 bridgehead atoms. The molecule has 0 amide bonds. The van der Waals surface area contributed by atoms with Crippen molar-refractivity contribution in [3.63, 3.8) is 0 Å². The lowest BCUT2D eigenvalue weighted by Gasteiger charge is -2.34. The molecule has 2 saturated heterocycles. The Bertz CT molecular complexity index is 1430. The van der Waals surface area contributed by atoms with E-state index in [4.69, 9.17) is 23.2 Å². The first-order chi connectivity index (χ1) is 19.1. The molecule has 12 heteroatoms. The van der Waals surface area contributed by atoms with E-state index in [1.807, 2.05) is 0 Å². The molecule has 0 radical (unpaired) electrons. The average molecular weight is 589 g/mol. The summed E-state index contributed by atoms with van der Waals surface area (Å²) in [6.45, 7) is 1.24. The molecule has 0 unspecified atom stereocenters. The number of rotatable bonds is 6. The van der Waals surface area contributed by atoms with E-state index in [1.165, 1.54) is 36.4 Å². The summed E-state index contributed by atoms with van der Waals surface area (Å²) >= 11 is 12.1. The Hall–Kier alpha value is -3.50. The van der Waals surface area contributed by atoms with Crippen LogP contribution >= 0.6 is 23.2 Å². The van der Waals surface area contributed by atoms with Crippen molar-refractivity contribution in [1.29, 1.82) is 0 Å². The molecule has 0 N–H and O–H groups in total. The van der Waals surface area contributed by atoms with E-state index in [-0.39, 0.29) is 32.8 Å². The number of hydrogen-bond acceptors (Lipinski definition) is 6. The lowest BCUT2D eigenvalue weighted by molar-refractivity contribution is -0.384. The average Bonchev–Trinajstić information content (AvgIpc) is 3.45. The number of halogens is 4. The zero-order valence-corrected chi connectivity index (χ0v) is 22.6. The van der Waals surface area contributed by atoms with Crippen LogP contribution in [-0.4, -0.2) is 22.9 Å². The minimum absolute atomic E-state index is 0.0239. The molecular weight excluding hydrogens is 565 g/mol. The van der Waals surface area contributed by atoms with Crippen molar-refractivity contribution in [3.8, 4) is 0 Å². The summed E-state index contributed by atoms with van der Waals surface area (Å²) in [5.41, 5.74) is 0.728. The Kier molecular flexibility index (Phi) is 6.78. The molecule has 3 aromatic carbocycles. The molecule has 8 nitrogen and oxygen atoms in total. The maximum Gasteiger partial charge on any atom is 0.288 e. The molecule has 0 spiro atoms. The summed E-state index contributed by atoms with van der Waals surface area (Å²) in [6, 6.07) is 10.5. The fourth-order valence-electron chi connectivity index (χ4n) is 6.52. The Balaban J connectivity index is 1.44. The number of anilines is 2. The van der Waals surface area contributed by atoms with E-state index in [0.717, 1.165) is 12.8 Å². The first kappa shape index (κ1) is 26.7. The van der Waals surface area contributed by atoms with Crippen LogP contribution in [0.1, 0.15) is 48.9 Å². The third-order valence-electron chi connectivity index (χ3n) is 8.59. The van der Waals surface area contributed by atoms with Crippen LogP contribution in [0.15, 0.2) is 48.5 Å². The second kappa shape index (κ2) is 10.2. The molecule has 6 rings (SSSR count). The quantitative estimate of drug-likeness (QED) is 0.214. The molecule has 0 aromatic heterocycles. The minimum Gasteiger partial charge on any atom is -0.366 e. The van der Waals surface area contributed by atoms with Crippen molar-refractivity contribution in [1.82, 2.24) is 0 Å². The number of benzene rings is 3. The molecule has 2 heterocycles. The summed E-state index contributed by atoms with van der Waals surface area (Å²) in [5, 5.41) is 23.1. The fraction of sp³-hybridized carbons (Fsp3) is 0.357. The minimum atomic E-state index is -0.690. The smallest absolute Gasteiger partial charge is 0.288 e. The SMILES string of the molecule is O=[N+]([O-])c1cc([C@H]2CC[C@H](c3ccc(Cl)c([N+](=O)[O-])c3)N2c2cc(F)c(N3C[C@H]4CC[C@H]4C3)c(F)c2)ccc1Cl. The lowest BCUT2D eigenvalue weighted by Crippen LogP contribution is -2.27. The second-order valence-electron chi connectivity index (χ2n) is 10.7. The third-order valence-corrected chi connectivity index (χ3v) is 9.23. The predicted molar refractivity (Wildman–Crippen MR) is 148 cm³/mol. The zero-order chi connectivity index (χ0) is 28.3. The van der Waals surface area contributed by atoms with E-state index in [2.05, 4.69) is 0 Å². The topological polar surface area (TPSA) is 92.8 Å². The molecule has 2 aliphatic heterocycles. The van der Waals surface area contributed by atoms with Gasteiger partial charge in [-0.05, 0) is 72.9 Å². The Morgan fingerprint density at radius 1 is 0.725 bits per heavy atom. The van der Waals surface area contributed by atoms with Crippen LogP contribution in [0.2, 0.25) is 10.0 Å². The van der Waals surface area contributed by atoms with E-state index in [1.54, 1.807) is 21.9 Å². The summed E-state index contributed by atoms with van der Waals surface area (Å²) in [4.78, 5) is 25.6. The largest absolute Gasteiger partial charge is 0.366 e. The van der Waals surface area contributed by atoms with E-state index in [9.17, 15) is 20.2 Å². The highest BCUT2D eigenvalue weighted by Gasteiger charge is 2.42. The number of fused-ring (bicyclic) bond motifs is 1. The van der Waals surface area contributed by atoms with Crippen molar-refractivity contribution in [2.45, 2.75) is 37.8 Å². The van der Waals surface area contributed by atoms with Gasteiger partial charge in [0.05, 0.1) is 21.9 Å². The first-order valence-corrected chi connectivity index (χ1v) is 13.8. The van der Waals surface area contributed by atoms with Crippen molar-refractivity contribution in [2.24, 2.45) is 11.8 Å². The van der Waals surface area contributed by atoms with Gasteiger partial charge in [0.1, 0.15) is 15.7 Å². The van der Waals surface area contributed by atoms with Crippen LogP contribution < -0.4 is 9.80 Å². The Morgan fingerprint density at radius 2 is 1.18 bits per heavy atom. The van der Waals surface area contributed by atoms with Gasteiger partial charge in [-0.1, -0.05) is 35.3 Å². The normalized spacial score (nSPS) is 23.7. The molecule has 1 saturated carbocycles. The maximum atomic E-state index is 15.7. The third kappa shape index (κ3) is 4.53. The predicted octanol–water partition coefficient (Wildman–Crippen LogP) is 8.02. The Morgan fingerprint density at radius 3 is 1.57 bits per heavy atom. The van der Waals surface area contributed by atoms with Crippen LogP contribution in [0.25, 0.3) is 0 Å². The molecule has 208 valence electrons. The first-order valence-electron chi connectivity index (χ1n) is 13.0. The number of hydrogen-bond donors (Lipinski definition) is 0. The zero-order valence-electron chi connectivity index (χ0n) is 21.1. The van der Waals surface area contributed by atoms with Crippen LogP contribution in [-0.2, 0) is 0 Å². The van der Waals surface area contributed by atoms with Gasteiger partial charge in [-0.2, -0.15) is 0 Å². The molecular formula is C28H24Cl2F2N4O4. The number of nitrogens with zero attached hydrogens (tertiary/aromatic N) is 4. The molecule has 3 fully saturated rings. The Labute approximate surface area is 238 Å². The highest BCUT2D eigenvalue weighted by atomic mass is 35.5. The van der Waals surface area contributed by atoms with Crippen molar-refractivity contribution in [2.75, 3.05) is 22.9 Å². The van der Waals surface area contributed by atoms with Gasteiger partial charge in [0, 0.05) is 30.9 Å². The number of nitro benzene ring substituents is 2. The van der Waals surface area contributed by atoms with Gasteiger partial charge in [0.2, 0.25) is 0 Å². The van der Waals surface area contributed by atoms with Crippen molar-refractivity contribution < 1.29 is 18.6 Å². The van der Waals surface area contributed by atoms with Crippen LogP contribution in [0.4, 0.5) is 31.5 Å².